The molecular weight excluding hydrogens is 320 g/mol. The largest absolute Gasteiger partial charge is 0.351 e. The highest BCUT2D eigenvalue weighted by molar-refractivity contribution is 5.85. The third-order valence-corrected chi connectivity index (χ3v) is 4.51. The summed E-state index contributed by atoms with van der Waals surface area (Å²) in [5.74, 6) is 0.609. The summed E-state index contributed by atoms with van der Waals surface area (Å²) in [6, 6.07) is 16.6. The van der Waals surface area contributed by atoms with E-state index in [1.54, 1.807) is 0 Å². The zero-order valence-corrected chi connectivity index (χ0v) is 15.0. The number of carbonyl (C=O) groups excluding carboxylic acids is 1. The normalized spacial score (nSPS) is 16.2. The molecule has 0 radical (unpaired) electrons. The summed E-state index contributed by atoms with van der Waals surface area (Å²) in [6.07, 6.45) is 0.758. The van der Waals surface area contributed by atoms with Crippen LogP contribution in [0.4, 0.5) is 0 Å². The molecule has 0 saturated carbocycles. The molecule has 2 aromatic rings. The van der Waals surface area contributed by atoms with Gasteiger partial charge < -0.3 is 10.6 Å². The number of rotatable bonds is 4. The van der Waals surface area contributed by atoms with Crippen LogP contribution < -0.4 is 10.6 Å². The Morgan fingerprint density at radius 2 is 1.79 bits per heavy atom. The Morgan fingerprint density at radius 3 is 2.46 bits per heavy atom. The average molecular weight is 345 g/mol. The predicted octanol–water partition coefficient (Wildman–Crippen LogP) is 3.56. The van der Waals surface area contributed by atoms with Gasteiger partial charge in [-0.15, -0.1) is 12.4 Å². The van der Waals surface area contributed by atoms with Crippen LogP contribution in [-0.4, -0.2) is 11.9 Å². The van der Waals surface area contributed by atoms with Crippen molar-refractivity contribution in [3.05, 3.63) is 70.8 Å². The van der Waals surface area contributed by atoms with Crippen molar-refractivity contribution in [2.75, 3.05) is 0 Å². The van der Waals surface area contributed by atoms with Crippen molar-refractivity contribution in [1.29, 1.82) is 0 Å². The Bertz CT molecular complexity index is 682. The van der Waals surface area contributed by atoms with Crippen LogP contribution in [0, 0.1) is 0 Å². The second-order valence-corrected chi connectivity index (χ2v) is 6.52. The van der Waals surface area contributed by atoms with Gasteiger partial charge in [-0.05, 0) is 34.6 Å². The van der Waals surface area contributed by atoms with Crippen LogP contribution >= 0.6 is 12.4 Å². The van der Waals surface area contributed by atoms with Crippen LogP contribution in [0.2, 0.25) is 0 Å². The van der Waals surface area contributed by atoms with E-state index < -0.39 is 0 Å². The Labute approximate surface area is 150 Å². The summed E-state index contributed by atoms with van der Waals surface area (Å²) < 4.78 is 0. The lowest BCUT2D eigenvalue weighted by Crippen LogP contribution is -2.47. The maximum Gasteiger partial charge on any atom is 0.237 e. The monoisotopic (exact) mass is 344 g/mol. The van der Waals surface area contributed by atoms with Crippen molar-refractivity contribution >= 4 is 18.3 Å². The zero-order chi connectivity index (χ0) is 16.2. The molecular formula is C20H25ClN2O. The maximum atomic E-state index is 12.4. The lowest BCUT2D eigenvalue weighted by atomic mass is 9.95. The maximum absolute atomic E-state index is 12.4. The van der Waals surface area contributed by atoms with Gasteiger partial charge >= 0.3 is 0 Å². The molecule has 1 aliphatic heterocycles. The SMILES string of the molecule is CC(C)c1ccc(CNC(=O)C2Cc3ccccc3CN2)cc1.Cl. The molecule has 3 rings (SSSR count). The van der Waals surface area contributed by atoms with Crippen molar-refractivity contribution in [1.82, 2.24) is 10.6 Å². The lowest BCUT2D eigenvalue weighted by molar-refractivity contribution is -0.123. The molecule has 0 aromatic heterocycles. The van der Waals surface area contributed by atoms with Gasteiger partial charge in [-0.2, -0.15) is 0 Å². The Kier molecular flexibility index (Phi) is 6.41. The molecule has 1 unspecified atom stereocenters. The highest BCUT2D eigenvalue weighted by atomic mass is 35.5. The summed E-state index contributed by atoms with van der Waals surface area (Å²) in [6.45, 7) is 5.71. The van der Waals surface area contributed by atoms with E-state index in [9.17, 15) is 4.79 Å². The predicted molar refractivity (Wildman–Crippen MR) is 100 cm³/mol. The van der Waals surface area contributed by atoms with Crippen LogP contribution in [0.15, 0.2) is 48.5 Å². The summed E-state index contributed by atoms with van der Waals surface area (Å²) in [5, 5.41) is 6.37. The standard InChI is InChI=1S/C20H24N2O.ClH/c1-14(2)16-9-7-15(8-10-16)12-22-20(23)19-11-17-5-3-4-6-18(17)13-21-19;/h3-10,14,19,21H,11-13H2,1-2H3,(H,22,23);1H. The number of hydrogen-bond donors (Lipinski definition) is 2. The fraction of sp³-hybridized carbons (Fsp3) is 0.350. The van der Waals surface area contributed by atoms with E-state index >= 15 is 0 Å². The minimum Gasteiger partial charge on any atom is -0.351 e. The fourth-order valence-electron chi connectivity index (χ4n) is 2.97. The number of fused-ring (bicyclic) bond motifs is 1. The highest BCUT2D eigenvalue weighted by Crippen LogP contribution is 2.17. The molecule has 0 aliphatic carbocycles. The van der Waals surface area contributed by atoms with E-state index in [-0.39, 0.29) is 24.4 Å². The Balaban J connectivity index is 0.00000208. The molecule has 2 aromatic carbocycles. The summed E-state index contributed by atoms with van der Waals surface area (Å²) in [4.78, 5) is 12.4. The van der Waals surface area contributed by atoms with Crippen molar-refractivity contribution in [2.24, 2.45) is 0 Å². The van der Waals surface area contributed by atoms with Gasteiger partial charge in [0.05, 0.1) is 6.04 Å². The molecule has 2 N–H and O–H groups in total. The van der Waals surface area contributed by atoms with Gasteiger partial charge in [0, 0.05) is 13.1 Å². The third-order valence-electron chi connectivity index (χ3n) is 4.51. The number of benzene rings is 2. The van der Waals surface area contributed by atoms with Crippen molar-refractivity contribution < 1.29 is 4.79 Å². The van der Waals surface area contributed by atoms with Crippen molar-refractivity contribution in [3.63, 3.8) is 0 Å². The topological polar surface area (TPSA) is 41.1 Å². The third kappa shape index (κ3) is 4.37. The van der Waals surface area contributed by atoms with Crippen molar-refractivity contribution in [2.45, 2.75) is 45.3 Å². The molecule has 24 heavy (non-hydrogen) atoms. The van der Waals surface area contributed by atoms with Gasteiger partial charge in [-0.25, -0.2) is 0 Å². The molecule has 1 aliphatic rings. The van der Waals surface area contributed by atoms with E-state index in [0.717, 1.165) is 18.5 Å². The summed E-state index contributed by atoms with van der Waals surface area (Å²) in [5.41, 5.74) is 5.03. The first-order valence-corrected chi connectivity index (χ1v) is 8.30. The molecule has 1 heterocycles. The van der Waals surface area contributed by atoms with Gasteiger partial charge in [0.25, 0.3) is 0 Å². The van der Waals surface area contributed by atoms with E-state index in [1.807, 2.05) is 12.1 Å². The molecule has 0 saturated heterocycles. The number of halogens is 1. The highest BCUT2D eigenvalue weighted by Gasteiger charge is 2.23. The van der Waals surface area contributed by atoms with Crippen molar-refractivity contribution in [3.8, 4) is 0 Å². The van der Waals surface area contributed by atoms with Crippen LogP contribution in [-0.2, 0) is 24.3 Å². The molecule has 1 amide bonds. The van der Waals surface area contributed by atoms with Gasteiger partial charge in [0.2, 0.25) is 5.91 Å². The van der Waals surface area contributed by atoms with Crippen LogP contribution in [0.25, 0.3) is 0 Å². The number of amides is 1. The van der Waals surface area contributed by atoms with E-state index in [1.165, 1.54) is 16.7 Å². The van der Waals surface area contributed by atoms with Gasteiger partial charge in [-0.3, -0.25) is 4.79 Å². The quantitative estimate of drug-likeness (QED) is 0.890. The molecule has 0 spiro atoms. The zero-order valence-electron chi connectivity index (χ0n) is 14.2. The second kappa shape index (κ2) is 8.32. The van der Waals surface area contributed by atoms with E-state index in [4.69, 9.17) is 0 Å². The number of carbonyl (C=O) groups is 1. The van der Waals surface area contributed by atoms with Crippen LogP contribution in [0.5, 0.6) is 0 Å². The average Bonchev–Trinajstić information content (AvgIpc) is 2.59. The minimum absolute atomic E-state index is 0. The van der Waals surface area contributed by atoms with Crippen LogP contribution in [0.1, 0.15) is 42.0 Å². The minimum atomic E-state index is -0.139. The van der Waals surface area contributed by atoms with Gasteiger partial charge in [0.15, 0.2) is 0 Å². The molecule has 128 valence electrons. The first-order chi connectivity index (χ1) is 11.1. The van der Waals surface area contributed by atoms with Gasteiger partial charge in [-0.1, -0.05) is 62.4 Å². The first-order valence-electron chi connectivity index (χ1n) is 8.30. The fourth-order valence-corrected chi connectivity index (χ4v) is 2.97. The molecule has 1 atom stereocenters. The van der Waals surface area contributed by atoms with Gasteiger partial charge in [0.1, 0.15) is 0 Å². The van der Waals surface area contributed by atoms with Crippen LogP contribution in [0.3, 0.4) is 0 Å². The summed E-state index contributed by atoms with van der Waals surface area (Å²) in [7, 11) is 0. The molecule has 4 heteroatoms. The Hall–Kier alpha value is -1.84. The second-order valence-electron chi connectivity index (χ2n) is 6.52. The first kappa shape index (κ1) is 18.5. The molecule has 0 bridgehead atoms. The number of nitrogens with one attached hydrogen (secondary N) is 2. The lowest BCUT2D eigenvalue weighted by Gasteiger charge is -2.25. The van der Waals surface area contributed by atoms with E-state index in [0.29, 0.717) is 12.5 Å². The molecule has 3 nitrogen and oxygen atoms in total. The number of hydrogen-bond acceptors (Lipinski definition) is 2. The smallest absolute Gasteiger partial charge is 0.237 e. The Morgan fingerprint density at radius 1 is 1.12 bits per heavy atom. The molecule has 0 fully saturated rings. The van der Waals surface area contributed by atoms with E-state index in [2.05, 4.69) is 60.9 Å². The summed E-state index contributed by atoms with van der Waals surface area (Å²) >= 11 is 0.